The Hall–Kier alpha value is -1.17. The molecule has 6 saturated heterocycles. The van der Waals surface area contributed by atoms with E-state index >= 15 is 0 Å². The molecule has 8 heterocycles. The van der Waals surface area contributed by atoms with Gasteiger partial charge in [0.1, 0.15) is 18.3 Å². The minimum Gasteiger partial charge on any atom is -0.496 e. The molecule has 36 atom stereocenters. The van der Waals surface area contributed by atoms with E-state index in [0.29, 0.717) is 138 Å². The van der Waals surface area contributed by atoms with E-state index in [1.807, 2.05) is 26.2 Å². The lowest BCUT2D eigenvalue weighted by molar-refractivity contribution is -0.304. The van der Waals surface area contributed by atoms with Crippen LogP contribution in [0.25, 0.3) is 0 Å². The standard InChI is InChI=1S/C27H48O5.C20H38O3.C12H25O3P.C10H20O2.C8H14O2/c1-10-22-18(6)16(4)20(8)26(30-22)29-14-24-19(7)17(5)21(9)27(31-24)32-25-15(3)12-13-28-23(25)11-2;1-9-18-14(5)12(3)16(7)20(23-18)21-10-19-15(6)11(2)13(4)17(8)22-19;1-7-11-9(3)8(2)10(4)12(14-11)15-16(5,6)13;1-6-7(2)9(4)12-10(5-11)8(6)3;1-3-7-8(9)6(2)4-5-10-7/h12-13,15-27H,10-11,14H2,1-9H3;11-20H,9-10H2,1-8H3;8-12H,7H2,1-6H3;6-11H,5H2,1-4H3;4-9H,3H2,1-2H3/t15?,16?,17?,18-,19-,20-,21+,22?,23?,24?,25-,26+,27+;11?,12?,13-,14+,15+,16+,17+,18?,19?,20-;8?,9-,10-,11?,12?;6?,7-,8+,9+,10?;6?,7?,8-/m01010/s1. The lowest BCUT2D eigenvalue weighted by atomic mass is 9.77. The van der Waals surface area contributed by atoms with Crippen LogP contribution in [0.4, 0.5) is 0 Å². The molecule has 0 saturated carbocycles. The van der Waals surface area contributed by atoms with Gasteiger partial charge in [-0.05, 0) is 141 Å². The summed E-state index contributed by atoms with van der Waals surface area (Å²) in [5, 5.41) is 18.5. The van der Waals surface area contributed by atoms with Crippen LogP contribution in [-0.4, -0.2) is 142 Å². The summed E-state index contributed by atoms with van der Waals surface area (Å²) in [6.45, 7) is 64.6. The van der Waals surface area contributed by atoms with Crippen molar-refractivity contribution in [1.29, 1.82) is 0 Å². The second kappa shape index (κ2) is 39.1. The Bertz CT molecular complexity index is 2170. The Kier molecular flexibility index (Phi) is 35.5. The minimum absolute atomic E-state index is 0.000000000000000222. The van der Waals surface area contributed by atoms with E-state index in [2.05, 4.69) is 179 Å². The zero-order valence-electron chi connectivity index (χ0n) is 64.4. The fourth-order valence-corrected chi connectivity index (χ4v) is 16.1. The van der Waals surface area contributed by atoms with Crippen molar-refractivity contribution in [1.82, 2.24) is 0 Å². The van der Waals surface area contributed by atoms with Gasteiger partial charge in [-0.25, -0.2) is 0 Å². The van der Waals surface area contributed by atoms with Gasteiger partial charge in [0.05, 0.1) is 87.3 Å². The highest BCUT2D eigenvalue weighted by atomic mass is 31.2. The predicted molar refractivity (Wildman–Crippen MR) is 376 cm³/mol. The van der Waals surface area contributed by atoms with E-state index in [1.165, 1.54) is 0 Å². The van der Waals surface area contributed by atoms with Crippen LogP contribution in [0.2, 0.25) is 0 Å². The third-order valence-corrected chi connectivity index (χ3v) is 26.2. The van der Waals surface area contributed by atoms with Crippen molar-refractivity contribution >= 4 is 7.37 Å². The summed E-state index contributed by atoms with van der Waals surface area (Å²) in [6, 6.07) is 0. The van der Waals surface area contributed by atoms with E-state index in [4.69, 9.17) is 61.7 Å². The number of aliphatic hydroxyl groups excluding tert-OH is 2. The van der Waals surface area contributed by atoms with Gasteiger partial charge in [0.25, 0.3) is 0 Å². The van der Waals surface area contributed by atoms with Crippen molar-refractivity contribution in [3.8, 4) is 0 Å². The Morgan fingerprint density at radius 2 is 0.667 bits per heavy atom. The van der Waals surface area contributed by atoms with E-state index in [9.17, 15) is 9.67 Å². The molecular weight excluding hydrogens is 1200 g/mol. The van der Waals surface area contributed by atoms with Crippen LogP contribution in [-0.2, 0) is 61.2 Å². The summed E-state index contributed by atoms with van der Waals surface area (Å²) in [5.41, 5.74) is 0. The zero-order chi connectivity index (χ0) is 70.3. The largest absolute Gasteiger partial charge is 0.496 e. The van der Waals surface area contributed by atoms with Gasteiger partial charge in [-0.3, -0.25) is 9.09 Å². The van der Waals surface area contributed by atoms with Crippen LogP contribution in [0.15, 0.2) is 24.7 Å². The molecule has 0 aromatic carbocycles. The quantitative estimate of drug-likeness (QED) is 0.140. The fourth-order valence-electron chi connectivity index (χ4n) is 15.4. The second-order valence-electron chi connectivity index (χ2n) is 31.5. The number of hydrogen-bond acceptors (Lipinski definition) is 15. The molecule has 0 spiro atoms. The molecule has 8 aliphatic rings. The molecule has 548 valence electrons. The predicted octanol–water partition coefficient (Wildman–Crippen LogP) is 17.3. The van der Waals surface area contributed by atoms with E-state index in [-0.39, 0.29) is 98.7 Å². The van der Waals surface area contributed by atoms with Gasteiger partial charge >= 0.3 is 0 Å². The van der Waals surface area contributed by atoms with Gasteiger partial charge < -0.3 is 62.3 Å². The average molecular weight is 1340 g/mol. The Morgan fingerprint density at radius 3 is 1.05 bits per heavy atom. The van der Waals surface area contributed by atoms with Crippen molar-refractivity contribution in [2.75, 3.05) is 33.2 Å². The molecule has 0 aliphatic carbocycles. The molecule has 93 heavy (non-hydrogen) atoms. The Morgan fingerprint density at radius 1 is 0.355 bits per heavy atom. The molecule has 17 unspecified atom stereocenters. The first-order valence-electron chi connectivity index (χ1n) is 37.5. The van der Waals surface area contributed by atoms with Gasteiger partial charge in [-0.2, -0.15) is 0 Å². The van der Waals surface area contributed by atoms with Gasteiger partial charge in [0.15, 0.2) is 32.5 Å². The third-order valence-electron chi connectivity index (χ3n) is 25.4. The van der Waals surface area contributed by atoms with Crippen LogP contribution < -0.4 is 0 Å². The van der Waals surface area contributed by atoms with Crippen LogP contribution in [0.1, 0.15) is 219 Å². The lowest BCUT2D eigenvalue weighted by Gasteiger charge is -2.47. The number of hydrogen-bond donors (Lipinski definition) is 2. The Balaban J connectivity index is 0.000000264. The van der Waals surface area contributed by atoms with Crippen LogP contribution in [0, 0.1) is 118 Å². The highest BCUT2D eigenvalue weighted by molar-refractivity contribution is 7.57. The molecule has 16 heteroatoms. The topological polar surface area (TPSA) is 168 Å². The highest BCUT2D eigenvalue weighted by Crippen LogP contribution is 2.47. The SMILES string of the molecule is CC1[C@H](C)C(CO)O[C@@H](C)[C@@H]1C.CCC1OC(OP(C)(C)=O)[C@@H](C)C(C)[C@@H]1C.CCC1OC=CC(C)[C@@H]1O.CCC1O[C@@H](OCC2O[C@@H](C)[C@H](C)C(C)[C@@H]2C)[C@@H](C)C(C)[C@@H]1C.CCC1O[C@@H](OCC2O[C@H](O[C@H]3C(C)C=COC3CC)[C@H](C)C(C)[C@@H]2C)[C@@H](C)C(C)[C@@H]1C. The maximum atomic E-state index is 11.7. The summed E-state index contributed by atoms with van der Waals surface area (Å²) in [4.78, 5) is 0. The average Bonchev–Trinajstić information content (AvgIpc) is 0.885. The monoisotopic (exact) mass is 1340 g/mol. The van der Waals surface area contributed by atoms with Crippen molar-refractivity contribution in [2.45, 2.75) is 317 Å². The molecule has 0 aromatic heterocycles. The van der Waals surface area contributed by atoms with Crippen LogP contribution in [0.5, 0.6) is 0 Å². The number of rotatable bonds is 16. The third kappa shape index (κ3) is 22.7. The van der Waals surface area contributed by atoms with Gasteiger partial charge in [-0.15, -0.1) is 0 Å². The van der Waals surface area contributed by atoms with Crippen molar-refractivity contribution in [3.05, 3.63) is 24.7 Å². The van der Waals surface area contributed by atoms with Crippen molar-refractivity contribution < 1.29 is 71.4 Å². The van der Waals surface area contributed by atoms with Gasteiger partial charge in [0.2, 0.25) is 0 Å². The summed E-state index contributed by atoms with van der Waals surface area (Å²) >= 11 is 0. The van der Waals surface area contributed by atoms with Crippen LogP contribution >= 0.6 is 7.37 Å². The van der Waals surface area contributed by atoms with E-state index in [0.717, 1.165) is 32.1 Å². The lowest BCUT2D eigenvalue weighted by Crippen LogP contribution is -2.52. The zero-order valence-corrected chi connectivity index (χ0v) is 65.3. The molecule has 8 aliphatic heterocycles. The molecule has 15 nitrogen and oxygen atoms in total. The first kappa shape index (κ1) is 84.2. The number of aliphatic hydroxyl groups is 2. The first-order chi connectivity index (χ1) is 43.5. The van der Waals surface area contributed by atoms with Crippen molar-refractivity contribution in [2.24, 2.45) is 118 Å². The summed E-state index contributed by atoms with van der Waals surface area (Å²) < 4.78 is 84.6. The second-order valence-corrected chi connectivity index (χ2v) is 34.2. The molecule has 8 rings (SSSR count). The van der Waals surface area contributed by atoms with Gasteiger partial charge in [-0.1, -0.05) is 173 Å². The molecule has 0 radical (unpaired) electrons. The maximum absolute atomic E-state index is 11.7. The normalized spacial score (nSPS) is 47.5. The molecule has 0 bridgehead atoms. The van der Waals surface area contributed by atoms with E-state index < -0.39 is 7.37 Å². The molecule has 0 aromatic rings. The highest BCUT2D eigenvalue weighted by Gasteiger charge is 2.47. The molecular formula is C77H145O15P. The first-order valence-corrected chi connectivity index (χ1v) is 40.1. The van der Waals surface area contributed by atoms with Gasteiger partial charge in [0, 0.05) is 48.8 Å². The minimum atomic E-state index is -2.48. The Labute approximate surface area is 569 Å². The number of ether oxygens (including phenoxy) is 11. The molecule has 6 fully saturated rings. The van der Waals surface area contributed by atoms with Crippen molar-refractivity contribution in [3.63, 3.8) is 0 Å². The molecule has 0 amide bonds. The fraction of sp³-hybridized carbons (Fsp3) is 0.948. The van der Waals surface area contributed by atoms with E-state index in [1.54, 1.807) is 19.6 Å². The molecule has 2 N–H and O–H groups in total. The summed E-state index contributed by atoms with van der Waals surface area (Å²) in [6.07, 6.45) is 12.9. The summed E-state index contributed by atoms with van der Waals surface area (Å²) in [5.74, 6) is 9.76. The summed E-state index contributed by atoms with van der Waals surface area (Å²) in [7, 11) is -2.48. The maximum Gasteiger partial charge on any atom is 0.199 e. The van der Waals surface area contributed by atoms with Crippen LogP contribution in [0.3, 0.4) is 0 Å². The smallest absolute Gasteiger partial charge is 0.199 e.